The SMILES string of the molecule is Cc1c(Cl)cccc1-c1nnn[nH]1. The maximum absolute atomic E-state index is 5.95. The molecule has 13 heavy (non-hydrogen) atoms. The summed E-state index contributed by atoms with van der Waals surface area (Å²) in [5, 5.41) is 14.2. The molecular weight excluding hydrogens is 188 g/mol. The second-order valence-corrected chi connectivity index (χ2v) is 3.07. The van der Waals surface area contributed by atoms with Crippen molar-refractivity contribution >= 4 is 11.6 Å². The van der Waals surface area contributed by atoms with Gasteiger partial charge in [0.1, 0.15) is 0 Å². The van der Waals surface area contributed by atoms with Gasteiger partial charge in [0.2, 0.25) is 0 Å². The van der Waals surface area contributed by atoms with E-state index in [1.54, 1.807) is 0 Å². The molecule has 0 aliphatic heterocycles. The fraction of sp³-hybridized carbons (Fsp3) is 0.125. The first-order valence-electron chi connectivity index (χ1n) is 3.78. The molecule has 0 saturated heterocycles. The van der Waals surface area contributed by atoms with Crippen LogP contribution < -0.4 is 0 Å². The zero-order valence-corrected chi connectivity index (χ0v) is 7.71. The first-order valence-corrected chi connectivity index (χ1v) is 4.16. The van der Waals surface area contributed by atoms with Crippen molar-refractivity contribution in [1.82, 2.24) is 20.6 Å². The molecule has 1 N–H and O–H groups in total. The van der Waals surface area contributed by atoms with Gasteiger partial charge < -0.3 is 0 Å². The molecule has 0 aliphatic carbocycles. The minimum atomic E-state index is 0.639. The number of aromatic amines is 1. The summed E-state index contributed by atoms with van der Waals surface area (Å²) < 4.78 is 0. The van der Waals surface area contributed by atoms with Crippen LogP contribution in [0.25, 0.3) is 11.4 Å². The molecule has 1 aromatic heterocycles. The quantitative estimate of drug-likeness (QED) is 0.754. The van der Waals surface area contributed by atoms with E-state index in [1.807, 2.05) is 25.1 Å². The van der Waals surface area contributed by atoms with Crippen molar-refractivity contribution in [2.75, 3.05) is 0 Å². The maximum Gasteiger partial charge on any atom is 0.179 e. The molecule has 0 aliphatic rings. The average Bonchev–Trinajstić information content (AvgIpc) is 2.62. The number of hydrogen-bond donors (Lipinski definition) is 1. The molecule has 0 unspecified atom stereocenters. The summed E-state index contributed by atoms with van der Waals surface area (Å²) in [6.45, 7) is 1.93. The van der Waals surface area contributed by atoms with Crippen molar-refractivity contribution in [3.05, 3.63) is 28.8 Å². The molecular formula is C8H7ClN4. The van der Waals surface area contributed by atoms with Gasteiger partial charge in [0.15, 0.2) is 5.82 Å². The lowest BCUT2D eigenvalue weighted by Crippen LogP contribution is -1.86. The normalized spacial score (nSPS) is 10.3. The lowest BCUT2D eigenvalue weighted by atomic mass is 10.1. The van der Waals surface area contributed by atoms with Crippen LogP contribution in [0.5, 0.6) is 0 Å². The van der Waals surface area contributed by atoms with Crippen LogP contribution in [-0.4, -0.2) is 20.6 Å². The van der Waals surface area contributed by atoms with Crippen LogP contribution in [0.15, 0.2) is 18.2 Å². The first kappa shape index (κ1) is 8.19. The number of aromatic nitrogens is 4. The molecule has 66 valence electrons. The van der Waals surface area contributed by atoms with Crippen LogP contribution in [0.2, 0.25) is 5.02 Å². The molecule has 2 aromatic rings. The molecule has 4 nitrogen and oxygen atoms in total. The largest absolute Gasteiger partial charge is 0.239 e. The number of tetrazole rings is 1. The molecule has 0 spiro atoms. The molecule has 0 bridgehead atoms. The Hall–Kier alpha value is -1.42. The van der Waals surface area contributed by atoms with Gasteiger partial charge in [0, 0.05) is 10.6 Å². The third-order valence-corrected chi connectivity index (χ3v) is 2.28. The molecule has 1 heterocycles. The topological polar surface area (TPSA) is 54.5 Å². The summed E-state index contributed by atoms with van der Waals surface area (Å²) in [5.74, 6) is 0.639. The summed E-state index contributed by atoms with van der Waals surface area (Å²) in [6, 6.07) is 5.63. The fourth-order valence-electron chi connectivity index (χ4n) is 1.14. The van der Waals surface area contributed by atoms with Crippen LogP contribution in [-0.2, 0) is 0 Å². The van der Waals surface area contributed by atoms with Gasteiger partial charge in [-0.1, -0.05) is 23.7 Å². The number of H-pyrrole nitrogens is 1. The molecule has 0 saturated carbocycles. The monoisotopic (exact) mass is 194 g/mol. The summed E-state index contributed by atoms with van der Waals surface area (Å²) in [4.78, 5) is 0. The van der Waals surface area contributed by atoms with Crippen molar-refractivity contribution in [1.29, 1.82) is 0 Å². The second-order valence-electron chi connectivity index (χ2n) is 2.66. The third-order valence-electron chi connectivity index (χ3n) is 1.87. The Morgan fingerprint density at radius 2 is 2.23 bits per heavy atom. The van der Waals surface area contributed by atoms with Crippen LogP contribution in [0, 0.1) is 6.92 Å². The third kappa shape index (κ3) is 1.40. The lowest BCUT2D eigenvalue weighted by molar-refractivity contribution is 0.881. The van der Waals surface area contributed by atoms with Gasteiger partial charge in [-0.2, -0.15) is 0 Å². The Labute approximate surface area is 79.9 Å². The zero-order valence-electron chi connectivity index (χ0n) is 6.95. The van der Waals surface area contributed by atoms with Gasteiger partial charge in [-0.3, -0.25) is 0 Å². The van der Waals surface area contributed by atoms with Gasteiger partial charge in [-0.25, -0.2) is 5.10 Å². The van der Waals surface area contributed by atoms with Crippen LogP contribution in [0.1, 0.15) is 5.56 Å². The van der Waals surface area contributed by atoms with Crippen LogP contribution in [0.4, 0.5) is 0 Å². The van der Waals surface area contributed by atoms with Crippen molar-refractivity contribution < 1.29 is 0 Å². The number of benzene rings is 1. The number of nitrogens with one attached hydrogen (secondary N) is 1. The van der Waals surface area contributed by atoms with E-state index in [-0.39, 0.29) is 0 Å². The van der Waals surface area contributed by atoms with Gasteiger partial charge in [-0.15, -0.1) is 5.10 Å². The minimum Gasteiger partial charge on any atom is -0.239 e. The fourth-order valence-corrected chi connectivity index (χ4v) is 1.31. The smallest absolute Gasteiger partial charge is 0.179 e. The van der Waals surface area contributed by atoms with Crippen molar-refractivity contribution in [2.24, 2.45) is 0 Å². The van der Waals surface area contributed by atoms with Gasteiger partial charge >= 0.3 is 0 Å². The van der Waals surface area contributed by atoms with Crippen LogP contribution in [0.3, 0.4) is 0 Å². The number of hydrogen-bond acceptors (Lipinski definition) is 3. The maximum atomic E-state index is 5.95. The summed E-state index contributed by atoms with van der Waals surface area (Å²) in [7, 11) is 0. The highest BCUT2D eigenvalue weighted by Gasteiger charge is 2.06. The predicted molar refractivity (Wildman–Crippen MR) is 49.4 cm³/mol. The minimum absolute atomic E-state index is 0.639. The van der Waals surface area contributed by atoms with E-state index in [0.717, 1.165) is 11.1 Å². The van der Waals surface area contributed by atoms with E-state index >= 15 is 0 Å². The second kappa shape index (κ2) is 3.14. The first-order chi connectivity index (χ1) is 6.29. The molecule has 5 heteroatoms. The number of rotatable bonds is 1. The number of halogens is 1. The Kier molecular flexibility index (Phi) is 1.98. The van der Waals surface area contributed by atoms with E-state index in [0.29, 0.717) is 10.8 Å². The summed E-state index contributed by atoms with van der Waals surface area (Å²) in [5.41, 5.74) is 1.90. The van der Waals surface area contributed by atoms with Crippen molar-refractivity contribution in [3.8, 4) is 11.4 Å². The standard InChI is InChI=1S/C8H7ClN4/c1-5-6(3-2-4-7(5)9)8-10-12-13-11-8/h2-4H,1H3,(H,10,11,12,13). The molecule has 0 amide bonds. The summed E-state index contributed by atoms with van der Waals surface area (Å²) in [6.07, 6.45) is 0. The molecule has 0 atom stereocenters. The lowest BCUT2D eigenvalue weighted by Gasteiger charge is -2.02. The predicted octanol–water partition coefficient (Wildman–Crippen LogP) is 1.83. The highest BCUT2D eigenvalue weighted by Crippen LogP contribution is 2.24. The molecule has 0 fully saturated rings. The van der Waals surface area contributed by atoms with E-state index in [4.69, 9.17) is 11.6 Å². The molecule has 0 radical (unpaired) electrons. The Morgan fingerprint density at radius 1 is 1.38 bits per heavy atom. The summed E-state index contributed by atoms with van der Waals surface area (Å²) >= 11 is 5.95. The van der Waals surface area contributed by atoms with Gasteiger partial charge in [-0.05, 0) is 29.0 Å². The van der Waals surface area contributed by atoms with Gasteiger partial charge in [0.05, 0.1) is 0 Å². The Bertz CT molecular complexity index is 410. The Balaban J connectivity index is 2.59. The average molecular weight is 195 g/mol. The van der Waals surface area contributed by atoms with Gasteiger partial charge in [0.25, 0.3) is 0 Å². The molecule has 1 aromatic carbocycles. The Morgan fingerprint density at radius 3 is 2.92 bits per heavy atom. The number of nitrogens with zero attached hydrogens (tertiary/aromatic N) is 3. The van der Waals surface area contributed by atoms with Crippen molar-refractivity contribution in [3.63, 3.8) is 0 Å². The highest BCUT2D eigenvalue weighted by atomic mass is 35.5. The van der Waals surface area contributed by atoms with E-state index in [2.05, 4.69) is 20.6 Å². The van der Waals surface area contributed by atoms with E-state index in [9.17, 15) is 0 Å². The van der Waals surface area contributed by atoms with E-state index in [1.165, 1.54) is 0 Å². The van der Waals surface area contributed by atoms with Crippen LogP contribution >= 0.6 is 11.6 Å². The molecule has 2 rings (SSSR count). The van der Waals surface area contributed by atoms with Crippen molar-refractivity contribution in [2.45, 2.75) is 6.92 Å². The van der Waals surface area contributed by atoms with E-state index < -0.39 is 0 Å². The highest BCUT2D eigenvalue weighted by molar-refractivity contribution is 6.31. The zero-order chi connectivity index (χ0) is 9.26.